The summed E-state index contributed by atoms with van der Waals surface area (Å²) in [4.78, 5) is 56.7. The highest BCUT2D eigenvalue weighted by molar-refractivity contribution is 5.63. The Bertz CT molecular complexity index is 1010. The second-order valence-electron chi connectivity index (χ2n) is 4.93. The summed E-state index contributed by atoms with van der Waals surface area (Å²) in [6, 6.07) is 11.1. The number of aliphatic imine (C=N–C) groups is 4. The van der Waals surface area contributed by atoms with Gasteiger partial charge in [-0.1, -0.05) is 12.1 Å². The van der Waals surface area contributed by atoms with E-state index in [0.29, 0.717) is 22.5 Å². The highest BCUT2D eigenvalue weighted by Crippen LogP contribution is 2.36. The maximum Gasteiger partial charge on any atom is 0.240 e. The molecule has 0 spiro atoms. The minimum Gasteiger partial charge on any atom is -0.211 e. The lowest BCUT2D eigenvalue weighted by Gasteiger charge is -2.17. The van der Waals surface area contributed by atoms with Gasteiger partial charge >= 0.3 is 0 Å². The van der Waals surface area contributed by atoms with Gasteiger partial charge < -0.3 is 0 Å². The maximum absolute atomic E-state index is 10.7. The Labute approximate surface area is 147 Å². The predicted molar refractivity (Wildman–Crippen MR) is 91.1 cm³/mol. The van der Waals surface area contributed by atoms with Crippen molar-refractivity contribution in [1.82, 2.24) is 0 Å². The molecule has 0 aliphatic heterocycles. The zero-order valence-corrected chi connectivity index (χ0v) is 13.2. The summed E-state index contributed by atoms with van der Waals surface area (Å²) in [5.41, 5.74) is 2.06. The Morgan fingerprint density at radius 3 is 2.12 bits per heavy atom. The van der Waals surface area contributed by atoms with Gasteiger partial charge in [-0.05, 0) is 41.5 Å². The first-order chi connectivity index (χ1) is 12.7. The molecule has 2 rings (SSSR count). The molecule has 0 amide bonds. The van der Waals surface area contributed by atoms with Gasteiger partial charge in [0.2, 0.25) is 24.3 Å². The van der Waals surface area contributed by atoms with Gasteiger partial charge in [0, 0.05) is 5.92 Å². The van der Waals surface area contributed by atoms with Crippen LogP contribution in [0.5, 0.6) is 0 Å². The fourth-order valence-electron chi connectivity index (χ4n) is 2.47. The van der Waals surface area contributed by atoms with Crippen LogP contribution in [-0.4, -0.2) is 30.9 Å². The monoisotopic (exact) mass is 346 g/mol. The molecule has 0 heterocycles. The molecule has 8 heteroatoms. The Morgan fingerprint density at radius 2 is 1.46 bits per heavy atom. The van der Waals surface area contributed by atoms with Crippen molar-refractivity contribution < 1.29 is 19.2 Å². The molecule has 1 unspecified atom stereocenters. The van der Waals surface area contributed by atoms with Gasteiger partial charge in [-0.3, -0.25) is 0 Å². The third-order valence-electron chi connectivity index (χ3n) is 3.51. The number of nitrogens with zero attached hydrogens (tertiary/aromatic N) is 4. The molecule has 0 saturated carbocycles. The van der Waals surface area contributed by atoms with Crippen molar-refractivity contribution in [2.45, 2.75) is 5.92 Å². The molecule has 0 saturated heterocycles. The third-order valence-corrected chi connectivity index (χ3v) is 3.51. The SMILES string of the molecule is O=C=NCC(c1cccc(N=C=O)c1)c1cc(N=C=O)ccc1N=C=O. The number of carbonyl (C=O) groups excluding carboxylic acids is 4. The summed E-state index contributed by atoms with van der Waals surface area (Å²) < 4.78 is 0. The highest BCUT2D eigenvalue weighted by Gasteiger charge is 2.19. The molecule has 0 fully saturated rings. The van der Waals surface area contributed by atoms with Crippen molar-refractivity contribution in [3.63, 3.8) is 0 Å². The van der Waals surface area contributed by atoms with Gasteiger partial charge in [-0.25, -0.2) is 24.2 Å². The van der Waals surface area contributed by atoms with Gasteiger partial charge in [0.1, 0.15) is 0 Å². The Morgan fingerprint density at radius 1 is 0.769 bits per heavy atom. The number of benzene rings is 2. The summed E-state index contributed by atoms with van der Waals surface area (Å²) in [5, 5.41) is 0. The molecule has 0 aromatic heterocycles. The zero-order valence-electron chi connectivity index (χ0n) is 13.2. The molecule has 126 valence electrons. The zero-order chi connectivity index (χ0) is 18.8. The maximum atomic E-state index is 10.7. The van der Waals surface area contributed by atoms with Crippen LogP contribution in [0.15, 0.2) is 62.4 Å². The Hall–Kier alpha value is -4.04. The predicted octanol–water partition coefficient (Wildman–Crippen LogP) is 3.06. The molecule has 2 aromatic carbocycles. The molecular formula is C18H10N4O4. The van der Waals surface area contributed by atoms with Crippen molar-refractivity contribution in [3.8, 4) is 0 Å². The third kappa shape index (κ3) is 4.49. The van der Waals surface area contributed by atoms with Crippen LogP contribution in [-0.2, 0) is 19.2 Å². The molecule has 0 aliphatic carbocycles. The van der Waals surface area contributed by atoms with Gasteiger partial charge in [0.15, 0.2) is 0 Å². The van der Waals surface area contributed by atoms with E-state index in [2.05, 4.69) is 20.0 Å². The van der Waals surface area contributed by atoms with E-state index in [1.54, 1.807) is 24.3 Å². The number of isocyanates is 4. The normalized spacial score (nSPS) is 10.3. The molecule has 0 N–H and O–H groups in total. The Kier molecular flexibility index (Phi) is 6.55. The van der Waals surface area contributed by atoms with Crippen LogP contribution in [0.25, 0.3) is 0 Å². The van der Waals surface area contributed by atoms with Crippen LogP contribution in [0.2, 0.25) is 0 Å². The number of hydrogen-bond donors (Lipinski definition) is 0. The van der Waals surface area contributed by atoms with Crippen molar-refractivity contribution in [1.29, 1.82) is 0 Å². The Balaban J connectivity index is 2.69. The molecule has 2 aromatic rings. The van der Waals surface area contributed by atoms with Crippen LogP contribution >= 0.6 is 0 Å². The average Bonchev–Trinajstić information content (AvgIpc) is 2.65. The van der Waals surface area contributed by atoms with Crippen molar-refractivity contribution in [2.24, 2.45) is 20.0 Å². The molecular weight excluding hydrogens is 336 g/mol. The fourth-order valence-corrected chi connectivity index (χ4v) is 2.47. The summed E-state index contributed by atoms with van der Waals surface area (Å²) >= 11 is 0. The van der Waals surface area contributed by atoms with E-state index in [0.717, 1.165) is 0 Å². The van der Waals surface area contributed by atoms with Crippen molar-refractivity contribution in [2.75, 3.05) is 6.54 Å². The second-order valence-corrected chi connectivity index (χ2v) is 4.93. The van der Waals surface area contributed by atoms with Crippen LogP contribution in [0, 0.1) is 0 Å². The van der Waals surface area contributed by atoms with Crippen LogP contribution in [0.3, 0.4) is 0 Å². The second kappa shape index (κ2) is 9.30. The molecule has 8 nitrogen and oxygen atoms in total. The van der Waals surface area contributed by atoms with E-state index in [1.165, 1.54) is 42.5 Å². The van der Waals surface area contributed by atoms with E-state index in [4.69, 9.17) is 0 Å². The van der Waals surface area contributed by atoms with Gasteiger partial charge in [-0.2, -0.15) is 15.0 Å². The quantitative estimate of drug-likeness (QED) is 0.565. The highest BCUT2D eigenvalue weighted by atomic mass is 16.1. The summed E-state index contributed by atoms with van der Waals surface area (Å²) in [6.45, 7) is -0.00656. The largest absolute Gasteiger partial charge is 0.240 e. The van der Waals surface area contributed by atoms with Crippen molar-refractivity contribution >= 4 is 41.4 Å². The first-order valence-electron chi connectivity index (χ1n) is 7.24. The topological polar surface area (TPSA) is 118 Å². The van der Waals surface area contributed by atoms with Gasteiger partial charge in [-0.15, -0.1) is 0 Å². The van der Waals surface area contributed by atoms with Gasteiger partial charge in [0.25, 0.3) is 0 Å². The van der Waals surface area contributed by atoms with E-state index >= 15 is 0 Å². The molecule has 1 atom stereocenters. The number of hydrogen-bond acceptors (Lipinski definition) is 8. The smallest absolute Gasteiger partial charge is 0.211 e. The first kappa shape index (κ1) is 18.3. The van der Waals surface area contributed by atoms with Crippen LogP contribution in [0.1, 0.15) is 17.0 Å². The van der Waals surface area contributed by atoms with Crippen LogP contribution < -0.4 is 0 Å². The molecule has 0 aliphatic rings. The van der Waals surface area contributed by atoms with E-state index in [9.17, 15) is 19.2 Å². The first-order valence-corrected chi connectivity index (χ1v) is 7.24. The fraction of sp³-hybridized carbons (Fsp3) is 0.111. The molecule has 0 radical (unpaired) electrons. The van der Waals surface area contributed by atoms with Crippen LogP contribution in [0.4, 0.5) is 17.1 Å². The standard InChI is InChI=1S/C18H10N4O4/c23-9-19-8-17(13-2-1-3-14(6-13)20-10-24)16-7-15(21-11-25)4-5-18(16)22-12-26/h1-7,17H,8H2. The lowest BCUT2D eigenvalue weighted by Crippen LogP contribution is -2.05. The van der Waals surface area contributed by atoms with Gasteiger partial charge in [0.05, 0.1) is 23.6 Å². The summed E-state index contributed by atoms with van der Waals surface area (Å²) in [6.07, 6.45) is 5.81. The summed E-state index contributed by atoms with van der Waals surface area (Å²) in [7, 11) is 0. The van der Waals surface area contributed by atoms with E-state index < -0.39 is 5.92 Å². The lowest BCUT2D eigenvalue weighted by atomic mass is 9.89. The molecule has 0 bridgehead atoms. The minimum atomic E-state index is -0.535. The average molecular weight is 346 g/mol. The molecule has 26 heavy (non-hydrogen) atoms. The van der Waals surface area contributed by atoms with Crippen molar-refractivity contribution in [3.05, 3.63) is 53.6 Å². The summed E-state index contributed by atoms with van der Waals surface area (Å²) in [5.74, 6) is -0.535. The minimum absolute atomic E-state index is 0.00656. The number of rotatable bonds is 7. The lowest BCUT2D eigenvalue weighted by molar-refractivity contribution is 0.561. The van der Waals surface area contributed by atoms with E-state index in [1.807, 2.05) is 0 Å². The van der Waals surface area contributed by atoms with E-state index in [-0.39, 0.29) is 12.2 Å².